The quantitative estimate of drug-likeness (QED) is 0.765. The molecule has 0 aliphatic carbocycles. The minimum atomic E-state index is 0.527. The number of aryl methyl sites for hydroxylation is 1. The number of hydrogen-bond acceptors (Lipinski definition) is 2. The van der Waals surface area contributed by atoms with Gasteiger partial charge in [0, 0.05) is 12.1 Å². The van der Waals surface area contributed by atoms with Gasteiger partial charge >= 0.3 is 0 Å². The lowest BCUT2D eigenvalue weighted by Gasteiger charge is -2.25. The first kappa shape index (κ1) is 9.71. The minimum Gasteiger partial charge on any atom is -0.346 e. The number of aromatic amines is 1. The lowest BCUT2D eigenvalue weighted by Crippen LogP contribution is -2.43. The van der Waals surface area contributed by atoms with Crippen LogP contribution in [0.25, 0.3) is 0 Å². The van der Waals surface area contributed by atoms with Crippen molar-refractivity contribution >= 4 is 0 Å². The highest BCUT2D eigenvalue weighted by atomic mass is 15.0. The summed E-state index contributed by atoms with van der Waals surface area (Å²) < 4.78 is 0. The lowest BCUT2D eigenvalue weighted by atomic mass is 9.99. The molecule has 0 spiro atoms. The molecule has 14 heavy (non-hydrogen) atoms. The van der Waals surface area contributed by atoms with Gasteiger partial charge in [-0.25, -0.2) is 4.98 Å². The van der Waals surface area contributed by atoms with Crippen LogP contribution in [-0.4, -0.2) is 23.1 Å². The second kappa shape index (κ2) is 3.73. The Morgan fingerprint density at radius 2 is 2.14 bits per heavy atom. The van der Waals surface area contributed by atoms with E-state index in [4.69, 9.17) is 0 Å². The normalized spacial score (nSPS) is 17.4. The molecule has 1 aliphatic rings. The summed E-state index contributed by atoms with van der Waals surface area (Å²) in [7, 11) is 0. The molecule has 1 fully saturated rings. The van der Waals surface area contributed by atoms with E-state index in [0.29, 0.717) is 5.92 Å². The predicted molar refractivity (Wildman–Crippen MR) is 57.5 cm³/mol. The van der Waals surface area contributed by atoms with Crippen molar-refractivity contribution in [1.82, 2.24) is 15.3 Å². The van der Waals surface area contributed by atoms with Gasteiger partial charge in [-0.1, -0.05) is 13.8 Å². The fraction of sp³-hybridized carbons (Fsp3) is 0.727. The molecule has 0 saturated carbocycles. The highest BCUT2D eigenvalue weighted by Gasteiger charge is 2.19. The molecule has 0 bridgehead atoms. The number of nitrogens with one attached hydrogen (secondary N) is 2. The molecular weight excluding hydrogens is 174 g/mol. The zero-order valence-electron chi connectivity index (χ0n) is 9.22. The van der Waals surface area contributed by atoms with Crippen molar-refractivity contribution in [3.8, 4) is 0 Å². The van der Waals surface area contributed by atoms with E-state index in [1.165, 1.54) is 11.4 Å². The molecule has 1 aromatic heterocycles. The topological polar surface area (TPSA) is 40.7 Å². The predicted octanol–water partition coefficient (Wildman–Crippen LogP) is 1.60. The molecule has 0 amide bonds. The van der Waals surface area contributed by atoms with Crippen molar-refractivity contribution < 1.29 is 0 Å². The standard InChI is InChI=1S/C11H19N3/c1-7(2)11-8(3)13-10(14-11)4-9-5-12-6-9/h7,9,12H,4-6H2,1-3H3,(H,13,14). The van der Waals surface area contributed by atoms with Crippen molar-refractivity contribution in [2.45, 2.75) is 33.1 Å². The van der Waals surface area contributed by atoms with Crippen LogP contribution in [0.5, 0.6) is 0 Å². The average molecular weight is 193 g/mol. The van der Waals surface area contributed by atoms with Gasteiger partial charge in [-0.15, -0.1) is 0 Å². The summed E-state index contributed by atoms with van der Waals surface area (Å²) >= 11 is 0. The van der Waals surface area contributed by atoms with Crippen LogP contribution in [0.4, 0.5) is 0 Å². The number of aromatic nitrogens is 2. The van der Waals surface area contributed by atoms with Crippen molar-refractivity contribution in [3.63, 3.8) is 0 Å². The van der Waals surface area contributed by atoms with Crippen LogP contribution in [-0.2, 0) is 6.42 Å². The van der Waals surface area contributed by atoms with Crippen molar-refractivity contribution in [2.24, 2.45) is 5.92 Å². The summed E-state index contributed by atoms with van der Waals surface area (Å²) in [5, 5.41) is 3.28. The SMILES string of the molecule is Cc1[nH]c(CC2CNC2)nc1C(C)C. The van der Waals surface area contributed by atoms with Gasteiger partial charge in [0.05, 0.1) is 5.69 Å². The molecule has 2 N–H and O–H groups in total. The third kappa shape index (κ3) is 1.82. The Labute approximate surface area is 85.3 Å². The summed E-state index contributed by atoms with van der Waals surface area (Å²) in [5.41, 5.74) is 2.47. The Bertz CT molecular complexity index is 310. The van der Waals surface area contributed by atoms with Crippen LogP contribution in [0.3, 0.4) is 0 Å². The summed E-state index contributed by atoms with van der Waals surface area (Å²) in [5.74, 6) is 2.48. The van der Waals surface area contributed by atoms with E-state index in [0.717, 1.165) is 31.3 Å². The second-order valence-electron chi connectivity index (χ2n) is 4.58. The Morgan fingerprint density at radius 1 is 1.43 bits per heavy atom. The molecular formula is C11H19N3. The van der Waals surface area contributed by atoms with Crippen molar-refractivity contribution in [3.05, 3.63) is 17.2 Å². The van der Waals surface area contributed by atoms with Gasteiger partial charge in [0.25, 0.3) is 0 Å². The van der Waals surface area contributed by atoms with Crippen molar-refractivity contribution in [1.29, 1.82) is 0 Å². The molecule has 2 rings (SSSR count). The van der Waals surface area contributed by atoms with Crippen LogP contribution in [0.15, 0.2) is 0 Å². The molecule has 0 radical (unpaired) electrons. The van der Waals surface area contributed by atoms with Crippen LogP contribution in [0.1, 0.15) is 37.0 Å². The fourth-order valence-corrected chi connectivity index (χ4v) is 1.96. The number of nitrogens with zero attached hydrogens (tertiary/aromatic N) is 1. The number of imidazole rings is 1. The number of rotatable bonds is 3. The highest BCUT2D eigenvalue weighted by molar-refractivity contribution is 5.16. The van der Waals surface area contributed by atoms with Gasteiger partial charge in [-0.2, -0.15) is 0 Å². The zero-order chi connectivity index (χ0) is 10.1. The smallest absolute Gasteiger partial charge is 0.106 e. The molecule has 3 nitrogen and oxygen atoms in total. The molecule has 2 heterocycles. The van der Waals surface area contributed by atoms with Gasteiger partial charge < -0.3 is 10.3 Å². The van der Waals surface area contributed by atoms with E-state index in [-0.39, 0.29) is 0 Å². The molecule has 3 heteroatoms. The van der Waals surface area contributed by atoms with Crippen molar-refractivity contribution in [2.75, 3.05) is 13.1 Å². The molecule has 0 unspecified atom stereocenters. The third-order valence-corrected chi connectivity index (χ3v) is 2.87. The van der Waals surface area contributed by atoms with E-state index in [9.17, 15) is 0 Å². The van der Waals surface area contributed by atoms with Gasteiger partial charge in [0.15, 0.2) is 0 Å². The number of hydrogen-bond donors (Lipinski definition) is 2. The molecule has 0 atom stereocenters. The van der Waals surface area contributed by atoms with E-state index in [2.05, 4.69) is 36.1 Å². The van der Waals surface area contributed by atoms with Gasteiger partial charge in [0.1, 0.15) is 5.82 Å². The first-order chi connectivity index (χ1) is 6.66. The maximum absolute atomic E-state index is 4.65. The van der Waals surface area contributed by atoms with Gasteiger partial charge in [0.2, 0.25) is 0 Å². The minimum absolute atomic E-state index is 0.527. The van der Waals surface area contributed by atoms with E-state index >= 15 is 0 Å². The molecule has 1 aliphatic heterocycles. The molecule has 0 aromatic carbocycles. The lowest BCUT2D eigenvalue weighted by molar-refractivity contribution is 0.341. The summed E-state index contributed by atoms with van der Waals surface area (Å²) in [4.78, 5) is 8.03. The number of H-pyrrole nitrogens is 1. The molecule has 1 aromatic rings. The average Bonchev–Trinajstić information content (AvgIpc) is 2.39. The first-order valence-corrected chi connectivity index (χ1v) is 5.43. The maximum Gasteiger partial charge on any atom is 0.106 e. The Balaban J connectivity index is 2.07. The Morgan fingerprint density at radius 3 is 2.57 bits per heavy atom. The van der Waals surface area contributed by atoms with Crippen LogP contribution in [0, 0.1) is 12.8 Å². The third-order valence-electron chi connectivity index (χ3n) is 2.87. The van der Waals surface area contributed by atoms with E-state index < -0.39 is 0 Å². The van der Waals surface area contributed by atoms with E-state index in [1.807, 2.05) is 0 Å². The summed E-state index contributed by atoms with van der Waals surface area (Å²) in [6.45, 7) is 8.80. The van der Waals surface area contributed by atoms with Gasteiger partial charge in [-0.3, -0.25) is 0 Å². The molecule has 1 saturated heterocycles. The second-order valence-corrected chi connectivity index (χ2v) is 4.58. The van der Waals surface area contributed by atoms with Crippen LogP contribution < -0.4 is 5.32 Å². The first-order valence-electron chi connectivity index (χ1n) is 5.43. The van der Waals surface area contributed by atoms with E-state index in [1.54, 1.807) is 0 Å². The van der Waals surface area contributed by atoms with Gasteiger partial charge in [-0.05, 0) is 31.8 Å². The zero-order valence-corrected chi connectivity index (χ0v) is 9.22. The monoisotopic (exact) mass is 193 g/mol. The van der Waals surface area contributed by atoms with Crippen LogP contribution >= 0.6 is 0 Å². The summed E-state index contributed by atoms with van der Waals surface area (Å²) in [6.07, 6.45) is 1.10. The largest absolute Gasteiger partial charge is 0.346 e. The highest BCUT2D eigenvalue weighted by Crippen LogP contribution is 2.18. The summed E-state index contributed by atoms with van der Waals surface area (Å²) in [6, 6.07) is 0. The fourth-order valence-electron chi connectivity index (χ4n) is 1.96. The Hall–Kier alpha value is -0.830. The van der Waals surface area contributed by atoms with Crippen LogP contribution in [0.2, 0.25) is 0 Å². The molecule has 78 valence electrons. The maximum atomic E-state index is 4.65. The Kier molecular flexibility index (Phi) is 2.59.